The summed E-state index contributed by atoms with van der Waals surface area (Å²) >= 11 is 1.85. The Labute approximate surface area is 133 Å². The van der Waals surface area contributed by atoms with E-state index in [2.05, 4.69) is 38.2 Å². The quantitative estimate of drug-likeness (QED) is 0.847. The van der Waals surface area contributed by atoms with Gasteiger partial charge in [-0.2, -0.15) is 0 Å². The van der Waals surface area contributed by atoms with Crippen molar-refractivity contribution in [2.75, 3.05) is 5.32 Å². The molecule has 1 aliphatic rings. The van der Waals surface area contributed by atoms with Gasteiger partial charge in [0.15, 0.2) is 0 Å². The van der Waals surface area contributed by atoms with Crippen molar-refractivity contribution in [2.45, 2.75) is 70.3 Å². The number of carbonyl (C=O) groups is 1. The standard InChI is InChI=1S/C18H27NOS/c1-12-10-13(2)17(14(3)11-12)19-18(20)15(4)21-16-8-6-5-7-9-16/h10-11,15-16H,5-9H2,1-4H3,(H,19,20)/t15-/m0/s1. The van der Waals surface area contributed by atoms with E-state index in [1.54, 1.807) is 0 Å². The first-order chi connectivity index (χ1) is 9.97. The molecule has 1 amide bonds. The van der Waals surface area contributed by atoms with Crippen LogP contribution in [-0.4, -0.2) is 16.4 Å². The Morgan fingerprint density at radius 2 is 1.71 bits per heavy atom. The number of amides is 1. The largest absolute Gasteiger partial charge is 0.325 e. The molecule has 1 aromatic carbocycles. The van der Waals surface area contributed by atoms with Gasteiger partial charge >= 0.3 is 0 Å². The number of benzene rings is 1. The molecule has 1 atom stereocenters. The van der Waals surface area contributed by atoms with Crippen LogP contribution in [0.4, 0.5) is 5.69 Å². The van der Waals surface area contributed by atoms with Crippen LogP contribution >= 0.6 is 11.8 Å². The van der Waals surface area contributed by atoms with E-state index < -0.39 is 0 Å². The van der Waals surface area contributed by atoms with Gasteiger partial charge < -0.3 is 5.32 Å². The van der Waals surface area contributed by atoms with E-state index in [4.69, 9.17) is 0 Å². The zero-order chi connectivity index (χ0) is 15.4. The fourth-order valence-corrected chi connectivity index (χ4v) is 4.52. The van der Waals surface area contributed by atoms with Crippen LogP contribution < -0.4 is 5.32 Å². The second-order valence-corrected chi connectivity index (χ2v) is 7.95. The van der Waals surface area contributed by atoms with Crippen LogP contribution in [0.3, 0.4) is 0 Å². The zero-order valence-electron chi connectivity index (χ0n) is 13.7. The molecule has 1 aromatic rings. The first-order valence-corrected chi connectivity index (χ1v) is 8.96. The average molecular weight is 305 g/mol. The highest BCUT2D eigenvalue weighted by atomic mass is 32.2. The van der Waals surface area contributed by atoms with Gasteiger partial charge in [-0.1, -0.05) is 37.0 Å². The van der Waals surface area contributed by atoms with Crippen LogP contribution in [-0.2, 0) is 4.79 Å². The third-order valence-corrected chi connectivity index (χ3v) is 5.72. The minimum absolute atomic E-state index is 0.0215. The molecule has 116 valence electrons. The molecular weight excluding hydrogens is 278 g/mol. The molecule has 0 saturated heterocycles. The molecule has 0 radical (unpaired) electrons. The van der Waals surface area contributed by atoms with Gasteiger partial charge in [-0.25, -0.2) is 0 Å². The summed E-state index contributed by atoms with van der Waals surface area (Å²) in [5.41, 5.74) is 4.53. The lowest BCUT2D eigenvalue weighted by Gasteiger charge is -2.24. The lowest BCUT2D eigenvalue weighted by molar-refractivity contribution is -0.115. The predicted octanol–water partition coefficient (Wildman–Crippen LogP) is 5.00. The van der Waals surface area contributed by atoms with Gasteiger partial charge in [0.25, 0.3) is 0 Å². The molecule has 1 saturated carbocycles. The molecule has 1 fully saturated rings. The number of thioether (sulfide) groups is 1. The summed E-state index contributed by atoms with van der Waals surface area (Å²) in [7, 11) is 0. The maximum absolute atomic E-state index is 12.4. The van der Waals surface area contributed by atoms with E-state index in [0.29, 0.717) is 5.25 Å². The van der Waals surface area contributed by atoms with Crippen LogP contribution in [0.25, 0.3) is 0 Å². The summed E-state index contributed by atoms with van der Waals surface area (Å²) in [5.74, 6) is 0.139. The van der Waals surface area contributed by atoms with Crippen molar-refractivity contribution in [3.63, 3.8) is 0 Å². The number of nitrogens with one attached hydrogen (secondary N) is 1. The summed E-state index contributed by atoms with van der Waals surface area (Å²) in [6.45, 7) is 8.25. The molecule has 3 heteroatoms. The van der Waals surface area contributed by atoms with Crippen LogP contribution in [0.15, 0.2) is 12.1 Å². The van der Waals surface area contributed by atoms with Crippen molar-refractivity contribution >= 4 is 23.4 Å². The van der Waals surface area contributed by atoms with E-state index in [1.807, 2.05) is 18.7 Å². The van der Waals surface area contributed by atoms with Crippen molar-refractivity contribution in [1.29, 1.82) is 0 Å². The van der Waals surface area contributed by atoms with Gasteiger partial charge in [-0.3, -0.25) is 4.79 Å². The van der Waals surface area contributed by atoms with Crippen molar-refractivity contribution in [1.82, 2.24) is 0 Å². The molecule has 0 unspecified atom stereocenters. The Balaban J connectivity index is 1.97. The Morgan fingerprint density at radius 3 is 2.29 bits per heavy atom. The Morgan fingerprint density at radius 1 is 1.14 bits per heavy atom. The lowest BCUT2D eigenvalue weighted by Crippen LogP contribution is -2.26. The minimum atomic E-state index is 0.0215. The van der Waals surface area contributed by atoms with Crippen molar-refractivity contribution < 1.29 is 4.79 Å². The molecule has 0 aromatic heterocycles. The number of hydrogen-bond donors (Lipinski definition) is 1. The summed E-state index contributed by atoms with van der Waals surface area (Å²) in [6, 6.07) is 4.25. The highest BCUT2D eigenvalue weighted by Crippen LogP contribution is 2.32. The van der Waals surface area contributed by atoms with Crippen LogP contribution in [0.2, 0.25) is 0 Å². The van der Waals surface area contributed by atoms with Gasteiger partial charge in [0.2, 0.25) is 5.91 Å². The van der Waals surface area contributed by atoms with Crippen LogP contribution in [0.1, 0.15) is 55.7 Å². The van der Waals surface area contributed by atoms with E-state index in [-0.39, 0.29) is 11.2 Å². The van der Waals surface area contributed by atoms with E-state index >= 15 is 0 Å². The number of anilines is 1. The monoisotopic (exact) mass is 305 g/mol. The highest BCUT2D eigenvalue weighted by molar-refractivity contribution is 8.01. The van der Waals surface area contributed by atoms with Crippen molar-refractivity contribution in [2.24, 2.45) is 0 Å². The molecule has 0 bridgehead atoms. The molecule has 0 heterocycles. The van der Waals surface area contributed by atoms with Crippen molar-refractivity contribution in [3.8, 4) is 0 Å². The van der Waals surface area contributed by atoms with Gasteiger partial charge in [0, 0.05) is 10.9 Å². The molecule has 1 N–H and O–H groups in total. The smallest absolute Gasteiger partial charge is 0.237 e. The molecular formula is C18H27NOS. The third kappa shape index (κ3) is 4.50. The normalized spacial score (nSPS) is 17.5. The van der Waals surface area contributed by atoms with Gasteiger partial charge in [-0.05, 0) is 51.7 Å². The first-order valence-electron chi connectivity index (χ1n) is 8.01. The Kier molecular flexibility index (Phi) is 5.74. The highest BCUT2D eigenvalue weighted by Gasteiger charge is 2.22. The Bertz CT molecular complexity index is 483. The van der Waals surface area contributed by atoms with Crippen LogP contribution in [0, 0.1) is 20.8 Å². The second kappa shape index (κ2) is 7.35. The maximum Gasteiger partial charge on any atom is 0.237 e. The molecule has 0 aliphatic heterocycles. The fraction of sp³-hybridized carbons (Fsp3) is 0.611. The summed E-state index contributed by atoms with van der Waals surface area (Å²) < 4.78 is 0. The van der Waals surface area contributed by atoms with Gasteiger partial charge in [-0.15, -0.1) is 11.8 Å². The summed E-state index contributed by atoms with van der Waals surface area (Å²) in [6.07, 6.45) is 6.54. The van der Waals surface area contributed by atoms with Gasteiger partial charge in [0.05, 0.1) is 5.25 Å². The van der Waals surface area contributed by atoms with Crippen molar-refractivity contribution in [3.05, 3.63) is 28.8 Å². The molecule has 2 rings (SSSR count). The number of hydrogen-bond acceptors (Lipinski definition) is 2. The number of rotatable bonds is 4. The lowest BCUT2D eigenvalue weighted by atomic mass is 10.0. The van der Waals surface area contributed by atoms with Crippen LogP contribution in [0.5, 0.6) is 0 Å². The summed E-state index contributed by atoms with van der Waals surface area (Å²) in [5, 5.41) is 3.82. The van der Waals surface area contributed by atoms with E-state index in [0.717, 1.165) is 16.8 Å². The van der Waals surface area contributed by atoms with Gasteiger partial charge in [0.1, 0.15) is 0 Å². The van der Waals surface area contributed by atoms with E-state index in [9.17, 15) is 4.79 Å². The maximum atomic E-state index is 12.4. The zero-order valence-corrected chi connectivity index (χ0v) is 14.5. The SMILES string of the molecule is Cc1cc(C)c(NC(=O)[C@H](C)SC2CCCCC2)c(C)c1. The molecule has 1 aliphatic carbocycles. The Hall–Kier alpha value is -0.960. The molecule has 0 spiro atoms. The van der Waals surface area contributed by atoms with E-state index in [1.165, 1.54) is 37.7 Å². The topological polar surface area (TPSA) is 29.1 Å². The summed E-state index contributed by atoms with van der Waals surface area (Å²) in [4.78, 5) is 12.4. The fourth-order valence-electron chi connectivity index (χ4n) is 3.15. The molecule has 2 nitrogen and oxygen atoms in total. The first kappa shape index (κ1) is 16.4. The predicted molar refractivity (Wildman–Crippen MR) is 93.2 cm³/mol. The molecule has 21 heavy (non-hydrogen) atoms. The number of aryl methyl sites for hydroxylation is 3. The number of carbonyl (C=O) groups excluding carboxylic acids is 1. The minimum Gasteiger partial charge on any atom is -0.325 e. The average Bonchev–Trinajstić information content (AvgIpc) is 2.43. The second-order valence-electron chi connectivity index (χ2n) is 6.30. The third-order valence-electron chi connectivity index (χ3n) is 4.24.